The predicted molar refractivity (Wildman–Crippen MR) is 179 cm³/mol. The summed E-state index contributed by atoms with van der Waals surface area (Å²) < 4.78 is 10.9. The van der Waals surface area contributed by atoms with Crippen LogP contribution >= 0.6 is 0 Å². The van der Waals surface area contributed by atoms with Crippen molar-refractivity contribution in [3.8, 4) is 5.75 Å². The lowest BCUT2D eigenvalue weighted by Crippen LogP contribution is -2.56. The number of nitrogens with zero attached hydrogens (tertiary/aromatic N) is 3. The van der Waals surface area contributed by atoms with Crippen LogP contribution in [0.15, 0.2) is 42.5 Å². The molecule has 0 unspecified atom stereocenters. The Morgan fingerprint density at radius 2 is 1.86 bits per heavy atom. The molecular weight excluding hydrogens is 628 g/mol. The van der Waals surface area contributed by atoms with Crippen LogP contribution in [-0.2, 0) is 23.9 Å². The van der Waals surface area contributed by atoms with Crippen LogP contribution in [0.2, 0.25) is 0 Å². The molecule has 3 fully saturated rings. The quantitative estimate of drug-likeness (QED) is 0.354. The lowest BCUT2D eigenvalue weighted by Gasteiger charge is -2.32. The Balaban J connectivity index is 1.28. The maximum absolute atomic E-state index is 14.4. The summed E-state index contributed by atoms with van der Waals surface area (Å²) in [5, 5.41) is 13.9. The van der Waals surface area contributed by atoms with Gasteiger partial charge in [0.25, 0.3) is 5.91 Å². The molecule has 6 rings (SSSR count). The zero-order chi connectivity index (χ0) is 35.1. The minimum absolute atomic E-state index is 0.110. The third-order valence-electron chi connectivity index (χ3n) is 10.3. The van der Waals surface area contributed by atoms with Crippen LogP contribution in [-0.4, -0.2) is 93.5 Å². The molecule has 12 heteroatoms. The van der Waals surface area contributed by atoms with Crippen molar-refractivity contribution in [1.29, 1.82) is 0 Å². The molecule has 3 amide bonds. The van der Waals surface area contributed by atoms with E-state index < -0.39 is 46.9 Å². The molecule has 262 valence electrons. The summed E-state index contributed by atoms with van der Waals surface area (Å²) in [5.74, 6) is -3.71. The lowest BCUT2D eigenvalue weighted by atomic mass is 9.92. The first-order chi connectivity index (χ1) is 23.3. The fourth-order valence-electron chi connectivity index (χ4n) is 7.76. The van der Waals surface area contributed by atoms with Crippen molar-refractivity contribution in [3.05, 3.63) is 48.2 Å². The van der Waals surface area contributed by atoms with Crippen LogP contribution in [0.3, 0.4) is 0 Å². The number of likely N-dealkylation sites (tertiary alicyclic amines) is 1. The largest absolute Gasteiger partial charge is 0.497 e. The van der Waals surface area contributed by atoms with Crippen molar-refractivity contribution in [2.75, 3.05) is 26.7 Å². The number of carbonyl (C=O) groups excluding carboxylic acids is 4. The topological polar surface area (TPSA) is 155 Å². The first-order valence-electron chi connectivity index (χ1n) is 17.3. The van der Waals surface area contributed by atoms with E-state index in [0.717, 1.165) is 31.1 Å². The maximum Gasteiger partial charge on any atom is 0.330 e. The third-order valence-corrected chi connectivity index (χ3v) is 10.3. The van der Waals surface area contributed by atoms with Crippen molar-refractivity contribution < 1.29 is 38.6 Å². The van der Waals surface area contributed by atoms with Crippen LogP contribution in [0.1, 0.15) is 76.2 Å². The van der Waals surface area contributed by atoms with Crippen LogP contribution in [0.5, 0.6) is 5.75 Å². The molecule has 0 radical (unpaired) electrons. The van der Waals surface area contributed by atoms with Crippen molar-refractivity contribution >= 4 is 40.6 Å². The molecule has 0 bridgehead atoms. The highest BCUT2D eigenvalue weighted by Crippen LogP contribution is 2.46. The van der Waals surface area contributed by atoms with E-state index in [9.17, 15) is 29.1 Å². The average Bonchev–Trinajstić information content (AvgIpc) is 3.40. The summed E-state index contributed by atoms with van der Waals surface area (Å²) in [6.07, 6.45) is 7.66. The number of nitrogens with one attached hydrogen (secondary N) is 1. The van der Waals surface area contributed by atoms with Gasteiger partial charge in [-0.05, 0) is 70.7 Å². The second-order valence-electron chi connectivity index (χ2n) is 15.0. The number of hydrogen-bond donors (Lipinski definition) is 2. The number of aliphatic carboxylic acids is 1. The Morgan fingerprint density at radius 1 is 1.06 bits per heavy atom. The van der Waals surface area contributed by atoms with Gasteiger partial charge < -0.3 is 29.7 Å². The van der Waals surface area contributed by atoms with Gasteiger partial charge in [0.15, 0.2) is 0 Å². The summed E-state index contributed by atoms with van der Waals surface area (Å²) in [5.41, 5.74) is -1.24. The van der Waals surface area contributed by atoms with E-state index in [-0.39, 0.29) is 55.3 Å². The predicted octanol–water partition coefficient (Wildman–Crippen LogP) is 3.97. The Morgan fingerprint density at radius 3 is 2.59 bits per heavy atom. The van der Waals surface area contributed by atoms with Gasteiger partial charge >= 0.3 is 11.9 Å². The van der Waals surface area contributed by atoms with E-state index in [1.165, 1.54) is 0 Å². The summed E-state index contributed by atoms with van der Waals surface area (Å²) in [6.45, 7) is 6.06. The minimum atomic E-state index is -1.44. The molecule has 3 aliphatic heterocycles. The Hall–Kier alpha value is -4.48. The first-order valence-corrected chi connectivity index (χ1v) is 17.3. The zero-order valence-electron chi connectivity index (χ0n) is 28.6. The number of pyridine rings is 1. The number of esters is 1. The molecule has 2 aromatic rings. The average molecular weight is 675 g/mol. The standard InChI is InChI=1S/C37H46N4O8/c1-36(2,3)49-30(42)17-23-10-8-6-5-7-9-11-25-18-37(25,35(46)47)39-32(43)31-27-21-40(19-24(27)20-41(31)33(23)44)34(45)29-14-12-22-16-26(48-4)13-15-28(22)38-29/h9,11-16,23-25,27,31H,5-8,10,17-21H2,1-4H3,(H,39,43)(H,46,47)/b11-9-/t23-,24-,25+,27-,31-,37+/m0/s1. The highest BCUT2D eigenvalue weighted by molar-refractivity contribution is 5.97. The van der Waals surface area contributed by atoms with Gasteiger partial charge in [-0.25, -0.2) is 9.78 Å². The monoisotopic (exact) mass is 674 g/mol. The van der Waals surface area contributed by atoms with Gasteiger partial charge in [0.05, 0.1) is 19.0 Å². The van der Waals surface area contributed by atoms with Crippen LogP contribution in [0.4, 0.5) is 0 Å². The number of amides is 3. The molecule has 1 aromatic heterocycles. The van der Waals surface area contributed by atoms with Gasteiger partial charge in [-0.15, -0.1) is 0 Å². The van der Waals surface area contributed by atoms with Gasteiger partial charge in [0.1, 0.15) is 28.6 Å². The van der Waals surface area contributed by atoms with E-state index in [2.05, 4.69) is 10.3 Å². The second-order valence-corrected chi connectivity index (χ2v) is 15.0. The van der Waals surface area contributed by atoms with Gasteiger partial charge in [-0.1, -0.05) is 31.1 Å². The number of carboxylic acid groups (broad SMARTS) is 1. The van der Waals surface area contributed by atoms with E-state index in [0.29, 0.717) is 24.2 Å². The van der Waals surface area contributed by atoms with E-state index in [1.54, 1.807) is 55.9 Å². The van der Waals surface area contributed by atoms with Gasteiger partial charge in [-0.2, -0.15) is 0 Å². The van der Waals surface area contributed by atoms with E-state index in [4.69, 9.17) is 9.47 Å². The number of carbonyl (C=O) groups is 5. The number of allylic oxidation sites excluding steroid dienone is 1. The smallest absolute Gasteiger partial charge is 0.330 e. The first kappa shape index (κ1) is 34.4. The molecule has 1 aromatic carbocycles. The Labute approximate surface area is 286 Å². The van der Waals surface area contributed by atoms with Crippen molar-refractivity contribution in [3.63, 3.8) is 0 Å². The number of ether oxygens (including phenoxy) is 2. The Bertz CT molecular complexity index is 1680. The molecule has 4 aliphatic rings. The molecule has 49 heavy (non-hydrogen) atoms. The summed E-state index contributed by atoms with van der Waals surface area (Å²) in [6, 6.07) is 7.91. The number of methoxy groups -OCH3 is 1. The fourth-order valence-corrected chi connectivity index (χ4v) is 7.76. The molecule has 0 spiro atoms. The van der Waals surface area contributed by atoms with Crippen LogP contribution in [0.25, 0.3) is 10.9 Å². The third kappa shape index (κ3) is 7.14. The van der Waals surface area contributed by atoms with Gasteiger partial charge in [0, 0.05) is 48.7 Å². The maximum atomic E-state index is 14.4. The molecule has 12 nitrogen and oxygen atoms in total. The Kier molecular flexibility index (Phi) is 9.43. The number of carboxylic acids is 1. The van der Waals surface area contributed by atoms with Gasteiger partial charge in [0.2, 0.25) is 11.8 Å². The zero-order valence-corrected chi connectivity index (χ0v) is 28.6. The molecular formula is C37H46N4O8. The number of hydrogen-bond acceptors (Lipinski definition) is 8. The summed E-state index contributed by atoms with van der Waals surface area (Å²) >= 11 is 0. The van der Waals surface area contributed by atoms with Crippen molar-refractivity contribution in [1.82, 2.24) is 20.1 Å². The van der Waals surface area contributed by atoms with Gasteiger partial charge in [-0.3, -0.25) is 19.2 Å². The number of benzene rings is 1. The molecule has 2 N–H and O–H groups in total. The SMILES string of the molecule is COc1ccc2nc(C(=O)N3C[C@H]4CN5C(=O)[C@H](CC(=O)OC(C)(C)C)CCCCC/C=C\[C@@H]6C[C@@]6(C(=O)O)NC(=O)[C@@H]5[C@H]4C3)ccc2c1. The number of rotatable bonds is 5. The summed E-state index contributed by atoms with van der Waals surface area (Å²) in [7, 11) is 1.58. The van der Waals surface area contributed by atoms with Crippen LogP contribution < -0.4 is 10.1 Å². The highest BCUT2D eigenvalue weighted by atomic mass is 16.6. The number of fused-ring (bicyclic) bond motifs is 5. The molecule has 1 saturated carbocycles. The molecule has 2 saturated heterocycles. The molecule has 6 atom stereocenters. The van der Waals surface area contributed by atoms with E-state index in [1.807, 2.05) is 24.3 Å². The highest BCUT2D eigenvalue weighted by Gasteiger charge is 2.62. The molecule has 1 aliphatic carbocycles. The summed E-state index contributed by atoms with van der Waals surface area (Å²) in [4.78, 5) is 75.6. The van der Waals surface area contributed by atoms with Crippen LogP contribution in [0, 0.1) is 23.7 Å². The normalized spacial score (nSPS) is 29.5. The van der Waals surface area contributed by atoms with E-state index >= 15 is 0 Å². The molecule has 4 heterocycles. The van der Waals surface area contributed by atoms with Crippen molar-refractivity contribution in [2.24, 2.45) is 23.7 Å². The number of aromatic nitrogens is 1. The lowest BCUT2D eigenvalue weighted by molar-refractivity contribution is -0.159. The second kappa shape index (κ2) is 13.4. The fraction of sp³-hybridized carbons (Fsp3) is 0.568. The minimum Gasteiger partial charge on any atom is -0.497 e. The van der Waals surface area contributed by atoms with Crippen molar-refractivity contribution in [2.45, 2.75) is 82.9 Å².